The van der Waals surface area contributed by atoms with E-state index >= 15 is 0 Å². The standard InChI is InChI=1S/C15H27NO4/c1-13(2,3)11(17)10-9-19-15(7,8)16(10)12(18)20-14(4,5)6/h10H,9H2,1-8H3/t10-/m0/s1. The molecule has 1 saturated heterocycles. The van der Waals surface area contributed by atoms with Gasteiger partial charge in [0.2, 0.25) is 0 Å². The fourth-order valence-corrected chi connectivity index (χ4v) is 2.15. The zero-order valence-corrected chi connectivity index (χ0v) is 13.9. The third kappa shape index (κ3) is 3.72. The van der Waals surface area contributed by atoms with Gasteiger partial charge in [-0.1, -0.05) is 20.8 Å². The molecule has 1 aliphatic rings. The molecule has 0 aliphatic carbocycles. The Morgan fingerprint density at radius 1 is 1.15 bits per heavy atom. The molecular weight excluding hydrogens is 258 g/mol. The monoisotopic (exact) mass is 285 g/mol. The molecule has 1 heterocycles. The molecule has 5 nitrogen and oxygen atoms in total. The number of Topliss-reactive ketones (excluding diaryl/α,β-unsaturated/α-hetero) is 1. The fourth-order valence-electron chi connectivity index (χ4n) is 2.15. The van der Waals surface area contributed by atoms with Crippen molar-refractivity contribution < 1.29 is 19.1 Å². The molecule has 20 heavy (non-hydrogen) atoms. The van der Waals surface area contributed by atoms with Gasteiger partial charge in [0.05, 0.1) is 6.61 Å². The first kappa shape index (κ1) is 17.0. The van der Waals surface area contributed by atoms with Crippen LogP contribution in [-0.4, -0.2) is 40.8 Å². The Morgan fingerprint density at radius 3 is 2.05 bits per heavy atom. The largest absolute Gasteiger partial charge is 0.444 e. The van der Waals surface area contributed by atoms with Gasteiger partial charge in [0.15, 0.2) is 5.78 Å². The van der Waals surface area contributed by atoms with Crippen LogP contribution >= 0.6 is 0 Å². The summed E-state index contributed by atoms with van der Waals surface area (Å²) in [4.78, 5) is 26.3. The molecule has 0 aromatic rings. The van der Waals surface area contributed by atoms with Gasteiger partial charge >= 0.3 is 6.09 Å². The fraction of sp³-hybridized carbons (Fsp3) is 0.867. The maximum Gasteiger partial charge on any atom is 0.413 e. The Morgan fingerprint density at radius 2 is 1.65 bits per heavy atom. The van der Waals surface area contributed by atoms with Gasteiger partial charge in [0.1, 0.15) is 17.4 Å². The van der Waals surface area contributed by atoms with E-state index in [0.29, 0.717) is 0 Å². The molecule has 1 rings (SSSR count). The molecule has 0 unspecified atom stereocenters. The zero-order chi connectivity index (χ0) is 15.9. The summed E-state index contributed by atoms with van der Waals surface area (Å²) < 4.78 is 11.0. The highest BCUT2D eigenvalue weighted by Crippen LogP contribution is 2.33. The second-order valence-corrected chi connectivity index (χ2v) is 7.74. The number of ketones is 1. The third-order valence-electron chi connectivity index (χ3n) is 3.12. The Labute approximate surface area is 121 Å². The maximum atomic E-state index is 12.5. The Hall–Kier alpha value is -1.10. The summed E-state index contributed by atoms with van der Waals surface area (Å²) in [6, 6.07) is -0.597. The summed E-state index contributed by atoms with van der Waals surface area (Å²) in [7, 11) is 0. The quantitative estimate of drug-likeness (QED) is 0.743. The topological polar surface area (TPSA) is 55.8 Å². The molecular formula is C15H27NO4. The molecule has 0 radical (unpaired) electrons. The second kappa shape index (κ2) is 5.02. The highest BCUT2D eigenvalue weighted by atomic mass is 16.6. The van der Waals surface area contributed by atoms with Crippen molar-refractivity contribution in [3.63, 3.8) is 0 Å². The number of carbonyl (C=O) groups is 2. The molecule has 1 fully saturated rings. The van der Waals surface area contributed by atoms with Crippen molar-refractivity contribution in [3.8, 4) is 0 Å². The summed E-state index contributed by atoms with van der Waals surface area (Å²) in [5.74, 6) is -0.0195. The van der Waals surface area contributed by atoms with Crippen LogP contribution in [0.4, 0.5) is 4.79 Å². The first-order chi connectivity index (χ1) is 8.76. The van der Waals surface area contributed by atoms with Crippen molar-refractivity contribution in [1.29, 1.82) is 0 Å². The molecule has 5 heteroatoms. The van der Waals surface area contributed by atoms with Crippen LogP contribution in [0.1, 0.15) is 55.4 Å². The molecule has 116 valence electrons. The van der Waals surface area contributed by atoms with Crippen LogP contribution in [-0.2, 0) is 14.3 Å². The van der Waals surface area contributed by atoms with Gasteiger partial charge in [0.25, 0.3) is 0 Å². The van der Waals surface area contributed by atoms with Crippen LogP contribution in [0.15, 0.2) is 0 Å². The Kier molecular flexibility index (Phi) is 4.26. The van der Waals surface area contributed by atoms with Crippen molar-refractivity contribution in [2.45, 2.75) is 72.8 Å². The van der Waals surface area contributed by atoms with Gasteiger partial charge in [-0.2, -0.15) is 0 Å². The third-order valence-corrected chi connectivity index (χ3v) is 3.12. The van der Waals surface area contributed by atoms with Crippen LogP contribution in [0.2, 0.25) is 0 Å². The van der Waals surface area contributed by atoms with Crippen LogP contribution in [0.3, 0.4) is 0 Å². The molecule has 0 aromatic carbocycles. The van der Waals surface area contributed by atoms with Crippen molar-refractivity contribution in [2.75, 3.05) is 6.61 Å². The van der Waals surface area contributed by atoms with E-state index in [0.717, 1.165) is 0 Å². The minimum Gasteiger partial charge on any atom is -0.444 e. The summed E-state index contributed by atoms with van der Waals surface area (Å²) >= 11 is 0. The Bertz CT molecular complexity index is 401. The van der Waals surface area contributed by atoms with E-state index in [1.165, 1.54) is 4.90 Å². The lowest BCUT2D eigenvalue weighted by Crippen LogP contribution is -2.54. The minimum absolute atomic E-state index is 0.0195. The summed E-state index contributed by atoms with van der Waals surface area (Å²) in [5, 5.41) is 0. The normalized spacial score (nSPS) is 22.8. The number of hydrogen-bond acceptors (Lipinski definition) is 4. The molecule has 1 atom stereocenters. The number of ether oxygens (including phenoxy) is 2. The summed E-state index contributed by atoms with van der Waals surface area (Å²) in [6.45, 7) is 14.7. The van der Waals surface area contributed by atoms with Gasteiger partial charge in [0, 0.05) is 5.41 Å². The van der Waals surface area contributed by atoms with E-state index in [9.17, 15) is 9.59 Å². The number of amides is 1. The molecule has 1 amide bonds. The maximum absolute atomic E-state index is 12.5. The smallest absolute Gasteiger partial charge is 0.413 e. The van der Waals surface area contributed by atoms with Crippen LogP contribution < -0.4 is 0 Å². The first-order valence-electron chi connectivity index (χ1n) is 6.96. The van der Waals surface area contributed by atoms with E-state index in [-0.39, 0.29) is 12.4 Å². The molecule has 0 spiro atoms. The molecule has 1 aliphatic heterocycles. The summed E-state index contributed by atoms with van der Waals surface area (Å²) in [6.07, 6.45) is -0.511. The average molecular weight is 285 g/mol. The zero-order valence-electron chi connectivity index (χ0n) is 13.9. The highest BCUT2D eigenvalue weighted by Gasteiger charge is 2.50. The number of hydrogen-bond donors (Lipinski definition) is 0. The predicted molar refractivity (Wildman–Crippen MR) is 76.4 cm³/mol. The van der Waals surface area contributed by atoms with Gasteiger partial charge < -0.3 is 9.47 Å². The lowest BCUT2D eigenvalue weighted by atomic mass is 9.86. The lowest BCUT2D eigenvalue weighted by molar-refractivity contribution is -0.132. The van der Waals surface area contributed by atoms with E-state index < -0.39 is 28.9 Å². The van der Waals surface area contributed by atoms with Crippen molar-refractivity contribution >= 4 is 11.9 Å². The predicted octanol–water partition coefficient (Wildman–Crippen LogP) is 2.97. The highest BCUT2D eigenvalue weighted by molar-refractivity contribution is 5.92. The van der Waals surface area contributed by atoms with Crippen LogP contribution in [0.5, 0.6) is 0 Å². The number of nitrogens with zero attached hydrogens (tertiary/aromatic N) is 1. The minimum atomic E-state index is -0.839. The molecule has 0 N–H and O–H groups in total. The number of rotatable bonds is 1. The SMILES string of the molecule is CC(C)(C)OC(=O)N1[C@H](C(=O)C(C)(C)C)COC1(C)C. The van der Waals surface area contributed by atoms with E-state index in [2.05, 4.69) is 0 Å². The second-order valence-electron chi connectivity index (χ2n) is 7.74. The van der Waals surface area contributed by atoms with Gasteiger partial charge in [-0.15, -0.1) is 0 Å². The van der Waals surface area contributed by atoms with Gasteiger partial charge in [-0.25, -0.2) is 4.79 Å². The van der Waals surface area contributed by atoms with Crippen LogP contribution in [0.25, 0.3) is 0 Å². The first-order valence-corrected chi connectivity index (χ1v) is 6.96. The molecule has 0 aromatic heterocycles. The van der Waals surface area contributed by atoms with E-state index in [4.69, 9.17) is 9.47 Å². The lowest BCUT2D eigenvalue weighted by Gasteiger charge is -2.36. The van der Waals surface area contributed by atoms with E-state index in [1.54, 1.807) is 34.6 Å². The van der Waals surface area contributed by atoms with Crippen molar-refractivity contribution in [1.82, 2.24) is 4.90 Å². The van der Waals surface area contributed by atoms with Crippen LogP contribution in [0, 0.1) is 5.41 Å². The van der Waals surface area contributed by atoms with Crippen molar-refractivity contribution in [3.05, 3.63) is 0 Å². The van der Waals surface area contributed by atoms with Crippen molar-refractivity contribution in [2.24, 2.45) is 5.41 Å². The summed E-state index contributed by atoms with van der Waals surface area (Å²) in [5.41, 5.74) is -1.98. The molecule has 0 saturated carbocycles. The Balaban J connectivity index is 3.03. The molecule has 0 bridgehead atoms. The van der Waals surface area contributed by atoms with Gasteiger partial charge in [-0.05, 0) is 34.6 Å². The average Bonchev–Trinajstić information content (AvgIpc) is 2.48. The van der Waals surface area contributed by atoms with E-state index in [1.807, 2.05) is 20.8 Å². The number of carbonyl (C=O) groups excluding carboxylic acids is 2. The van der Waals surface area contributed by atoms with Gasteiger partial charge in [-0.3, -0.25) is 9.69 Å².